The van der Waals surface area contributed by atoms with Crippen molar-refractivity contribution in [2.24, 2.45) is 0 Å². The molecule has 158 valence electrons. The summed E-state index contributed by atoms with van der Waals surface area (Å²) in [6.07, 6.45) is 5.35. The number of carbonyl (C=O) groups excluding carboxylic acids is 2. The third-order valence-electron chi connectivity index (χ3n) is 5.69. The first-order chi connectivity index (χ1) is 14.7. The van der Waals surface area contributed by atoms with Gasteiger partial charge in [-0.05, 0) is 43.5 Å². The summed E-state index contributed by atoms with van der Waals surface area (Å²) in [7, 11) is 1.56. The highest BCUT2D eigenvalue weighted by Gasteiger charge is 2.31. The average Bonchev–Trinajstić information content (AvgIpc) is 3.27. The van der Waals surface area contributed by atoms with Crippen LogP contribution in [0, 0.1) is 0 Å². The standard InChI is InChI=1S/C23H27N3O4/c1-29-20-10-4-3-8-18(20)22(27)26-15-11-17(16-26)30-21-19(9-7-12-24-21)23(28)25-13-5-2-6-14-25/h3-4,7-10,12,17H,2,5-6,11,13-16H2,1H3. The normalized spacial score (nSPS) is 18.9. The number of piperidine rings is 1. The van der Waals surface area contributed by atoms with Crippen molar-refractivity contribution >= 4 is 11.8 Å². The van der Waals surface area contributed by atoms with Gasteiger partial charge in [0.1, 0.15) is 17.4 Å². The summed E-state index contributed by atoms with van der Waals surface area (Å²) in [6, 6.07) is 10.7. The summed E-state index contributed by atoms with van der Waals surface area (Å²) in [4.78, 5) is 33.8. The van der Waals surface area contributed by atoms with Crippen molar-refractivity contribution in [1.29, 1.82) is 0 Å². The molecule has 30 heavy (non-hydrogen) atoms. The molecule has 4 rings (SSSR count). The first-order valence-corrected chi connectivity index (χ1v) is 10.5. The van der Waals surface area contributed by atoms with Crippen LogP contribution in [0.4, 0.5) is 0 Å². The van der Waals surface area contributed by atoms with Crippen LogP contribution in [0.1, 0.15) is 46.4 Å². The van der Waals surface area contributed by atoms with E-state index in [2.05, 4.69) is 4.98 Å². The number of methoxy groups -OCH3 is 1. The average molecular weight is 409 g/mol. The molecular weight excluding hydrogens is 382 g/mol. The highest BCUT2D eigenvalue weighted by atomic mass is 16.5. The SMILES string of the molecule is COc1ccccc1C(=O)N1CCC(Oc2ncccc2C(=O)N2CCCCC2)C1. The van der Waals surface area contributed by atoms with E-state index in [0.717, 1.165) is 32.4 Å². The van der Waals surface area contributed by atoms with Crippen LogP contribution in [-0.4, -0.2) is 66.0 Å². The van der Waals surface area contributed by atoms with Gasteiger partial charge in [-0.15, -0.1) is 0 Å². The van der Waals surface area contributed by atoms with Crippen LogP contribution in [0.2, 0.25) is 0 Å². The Morgan fingerprint density at radius 3 is 2.47 bits per heavy atom. The Hall–Kier alpha value is -3.09. The number of nitrogens with zero attached hydrogens (tertiary/aromatic N) is 3. The van der Waals surface area contributed by atoms with Crippen LogP contribution in [0.25, 0.3) is 0 Å². The molecule has 3 heterocycles. The highest BCUT2D eigenvalue weighted by molar-refractivity contribution is 5.97. The Morgan fingerprint density at radius 2 is 1.67 bits per heavy atom. The molecule has 0 radical (unpaired) electrons. The lowest BCUT2D eigenvalue weighted by atomic mass is 10.1. The first kappa shape index (κ1) is 20.2. The number of likely N-dealkylation sites (tertiary alicyclic amines) is 2. The summed E-state index contributed by atoms with van der Waals surface area (Å²) < 4.78 is 11.4. The quantitative estimate of drug-likeness (QED) is 0.759. The molecule has 2 fully saturated rings. The minimum Gasteiger partial charge on any atom is -0.496 e. The number of rotatable bonds is 5. The van der Waals surface area contributed by atoms with Crippen molar-refractivity contribution in [3.63, 3.8) is 0 Å². The molecular formula is C23H27N3O4. The van der Waals surface area contributed by atoms with Crippen LogP contribution < -0.4 is 9.47 Å². The summed E-state index contributed by atoms with van der Waals surface area (Å²) >= 11 is 0. The van der Waals surface area contributed by atoms with Gasteiger partial charge in [-0.1, -0.05) is 12.1 Å². The Kier molecular flexibility index (Phi) is 6.16. The van der Waals surface area contributed by atoms with Crippen LogP contribution in [0.15, 0.2) is 42.6 Å². The van der Waals surface area contributed by atoms with Gasteiger partial charge in [0.05, 0.1) is 19.2 Å². The molecule has 1 aromatic carbocycles. The molecule has 1 unspecified atom stereocenters. The zero-order valence-electron chi connectivity index (χ0n) is 17.3. The monoisotopic (exact) mass is 409 g/mol. The molecule has 2 aliphatic rings. The molecule has 0 bridgehead atoms. The summed E-state index contributed by atoms with van der Waals surface area (Å²) in [6.45, 7) is 2.59. The Morgan fingerprint density at radius 1 is 0.933 bits per heavy atom. The zero-order chi connectivity index (χ0) is 20.9. The number of aromatic nitrogens is 1. The number of benzene rings is 1. The van der Waals surface area contributed by atoms with Gasteiger partial charge in [0, 0.05) is 32.3 Å². The van der Waals surface area contributed by atoms with Crippen LogP contribution >= 0.6 is 0 Å². The molecule has 2 aromatic rings. The van der Waals surface area contributed by atoms with Crippen molar-refractivity contribution in [2.75, 3.05) is 33.3 Å². The van der Waals surface area contributed by atoms with E-state index in [9.17, 15) is 9.59 Å². The third-order valence-corrected chi connectivity index (χ3v) is 5.69. The minimum absolute atomic E-state index is 0.0299. The van der Waals surface area contributed by atoms with E-state index >= 15 is 0 Å². The van der Waals surface area contributed by atoms with Gasteiger partial charge in [-0.2, -0.15) is 0 Å². The number of amides is 2. The van der Waals surface area contributed by atoms with Crippen molar-refractivity contribution < 1.29 is 19.1 Å². The molecule has 0 aliphatic carbocycles. The Labute approximate surface area is 176 Å². The van der Waals surface area contributed by atoms with E-state index < -0.39 is 0 Å². The predicted octanol–water partition coefficient (Wildman–Crippen LogP) is 3.01. The van der Waals surface area contributed by atoms with Gasteiger partial charge >= 0.3 is 0 Å². The second-order valence-corrected chi connectivity index (χ2v) is 7.69. The number of pyridine rings is 1. The van der Waals surface area contributed by atoms with E-state index in [-0.39, 0.29) is 17.9 Å². The van der Waals surface area contributed by atoms with Gasteiger partial charge in [0.25, 0.3) is 11.8 Å². The second kappa shape index (κ2) is 9.15. The fraction of sp³-hybridized carbons (Fsp3) is 0.435. The summed E-state index contributed by atoms with van der Waals surface area (Å²) in [5.74, 6) is 0.803. The van der Waals surface area contributed by atoms with E-state index in [1.165, 1.54) is 0 Å². The number of hydrogen-bond donors (Lipinski definition) is 0. The molecule has 1 atom stereocenters. The number of hydrogen-bond acceptors (Lipinski definition) is 5. The largest absolute Gasteiger partial charge is 0.496 e. The second-order valence-electron chi connectivity index (χ2n) is 7.69. The topological polar surface area (TPSA) is 72.0 Å². The number of carbonyl (C=O) groups is 2. The van der Waals surface area contributed by atoms with Crippen molar-refractivity contribution in [2.45, 2.75) is 31.8 Å². The minimum atomic E-state index is -0.202. The summed E-state index contributed by atoms with van der Waals surface area (Å²) in [5, 5.41) is 0. The number of ether oxygens (including phenoxy) is 2. The molecule has 2 saturated heterocycles. The maximum absolute atomic E-state index is 12.9. The van der Waals surface area contributed by atoms with Crippen molar-refractivity contribution in [3.05, 3.63) is 53.7 Å². The molecule has 0 N–H and O–H groups in total. The van der Waals surface area contributed by atoms with Gasteiger partial charge in [-0.3, -0.25) is 9.59 Å². The van der Waals surface area contributed by atoms with E-state index in [0.29, 0.717) is 42.3 Å². The fourth-order valence-electron chi connectivity index (χ4n) is 4.07. The van der Waals surface area contributed by atoms with Crippen molar-refractivity contribution in [3.8, 4) is 11.6 Å². The smallest absolute Gasteiger partial charge is 0.259 e. The van der Waals surface area contributed by atoms with Crippen LogP contribution in [-0.2, 0) is 0 Å². The molecule has 0 saturated carbocycles. The molecule has 1 aromatic heterocycles. The summed E-state index contributed by atoms with van der Waals surface area (Å²) in [5.41, 5.74) is 1.04. The van der Waals surface area contributed by atoms with E-state index in [1.807, 2.05) is 17.0 Å². The van der Waals surface area contributed by atoms with Gasteiger partial charge in [-0.25, -0.2) is 4.98 Å². The maximum atomic E-state index is 12.9. The fourth-order valence-corrected chi connectivity index (χ4v) is 4.07. The molecule has 2 amide bonds. The molecule has 7 heteroatoms. The van der Waals surface area contributed by atoms with Crippen LogP contribution in [0.3, 0.4) is 0 Å². The molecule has 2 aliphatic heterocycles. The van der Waals surface area contributed by atoms with Gasteiger partial charge < -0.3 is 19.3 Å². The highest BCUT2D eigenvalue weighted by Crippen LogP contribution is 2.25. The number of para-hydroxylation sites is 1. The first-order valence-electron chi connectivity index (χ1n) is 10.5. The molecule has 7 nitrogen and oxygen atoms in total. The van der Waals surface area contributed by atoms with Gasteiger partial charge in [0.15, 0.2) is 0 Å². The van der Waals surface area contributed by atoms with Crippen molar-refractivity contribution in [1.82, 2.24) is 14.8 Å². The zero-order valence-corrected chi connectivity index (χ0v) is 17.3. The van der Waals surface area contributed by atoms with E-state index in [4.69, 9.17) is 9.47 Å². The third kappa shape index (κ3) is 4.25. The Bertz CT molecular complexity index is 911. The lowest BCUT2D eigenvalue weighted by Gasteiger charge is -2.27. The lowest BCUT2D eigenvalue weighted by molar-refractivity contribution is 0.0708. The van der Waals surface area contributed by atoms with Crippen LogP contribution in [0.5, 0.6) is 11.6 Å². The van der Waals surface area contributed by atoms with E-state index in [1.54, 1.807) is 42.5 Å². The Balaban J connectivity index is 1.44. The predicted molar refractivity (Wildman–Crippen MR) is 112 cm³/mol. The molecule has 0 spiro atoms. The van der Waals surface area contributed by atoms with Gasteiger partial charge in [0.2, 0.25) is 5.88 Å². The lowest BCUT2D eigenvalue weighted by Crippen LogP contribution is -2.36. The maximum Gasteiger partial charge on any atom is 0.259 e.